The van der Waals surface area contributed by atoms with E-state index in [2.05, 4.69) is 64.8 Å². The highest BCUT2D eigenvalue weighted by Crippen LogP contribution is 2.46. The molecule has 10 heteroatoms. The summed E-state index contributed by atoms with van der Waals surface area (Å²) < 4.78 is 27.1. The summed E-state index contributed by atoms with van der Waals surface area (Å²) >= 11 is 0. The molecule has 3 aliphatic heterocycles. The third-order valence-corrected chi connectivity index (χ3v) is 9.27. The number of nitrogens with one attached hydrogen (secondary N) is 2. The van der Waals surface area contributed by atoms with Gasteiger partial charge in [-0.25, -0.2) is 9.18 Å². The lowest BCUT2D eigenvalue weighted by Crippen LogP contribution is -2.55. The SMILES string of the molecule is C=C(C1=CCN(CCC)CC1)/C(P)=C\c1oc(C2(N3Cc4ccc(OC)c(F)c4C3=C)NC(=O)NC2=O)cc1C(C)CC.CC. The Morgan fingerprint density at radius 3 is 2.60 bits per heavy atom. The normalized spacial score (nSPS) is 20.6. The number of halogens is 1. The van der Waals surface area contributed by atoms with Gasteiger partial charge in [-0.15, -0.1) is 9.24 Å². The lowest BCUT2D eigenvalue weighted by Gasteiger charge is -2.36. The summed E-state index contributed by atoms with van der Waals surface area (Å²) in [6.07, 6.45) is 7.03. The molecule has 2 aromatic rings. The number of methoxy groups -OCH3 is 1. The van der Waals surface area contributed by atoms with Crippen molar-refractivity contribution in [3.63, 3.8) is 0 Å². The number of rotatable bonds is 10. The molecule has 0 spiro atoms. The van der Waals surface area contributed by atoms with E-state index in [9.17, 15) is 9.59 Å². The van der Waals surface area contributed by atoms with Crippen molar-refractivity contribution in [3.8, 4) is 5.75 Å². The first-order valence-corrected chi connectivity index (χ1v) is 16.3. The van der Waals surface area contributed by atoms with Gasteiger partial charge in [-0.05, 0) is 72.0 Å². The number of carbonyl (C=O) groups excluding carboxylic acids is 2. The molecule has 0 radical (unpaired) electrons. The summed E-state index contributed by atoms with van der Waals surface area (Å²) in [6.45, 7) is 21.9. The van der Waals surface area contributed by atoms with Crippen molar-refractivity contribution in [1.82, 2.24) is 20.4 Å². The van der Waals surface area contributed by atoms with Crippen LogP contribution >= 0.6 is 9.24 Å². The third kappa shape index (κ3) is 6.25. The van der Waals surface area contributed by atoms with Crippen LogP contribution in [0.15, 0.2) is 58.3 Å². The fourth-order valence-electron chi connectivity index (χ4n) is 6.10. The molecule has 1 saturated heterocycles. The van der Waals surface area contributed by atoms with Gasteiger partial charge in [0.2, 0.25) is 0 Å². The van der Waals surface area contributed by atoms with E-state index in [-0.39, 0.29) is 35.2 Å². The fraction of sp³-hybridized carbons (Fsp3) is 0.429. The Labute approximate surface area is 268 Å². The molecule has 1 aromatic carbocycles. The van der Waals surface area contributed by atoms with Crippen LogP contribution in [0.4, 0.5) is 9.18 Å². The Morgan fingerprint density at radius 2 is 2.02 bits per heavy atom. The summed E-state index contributed by atoms with van der Waals surface area (Å²) in [5.74, 6) is -0.254. The highest BCUT2D eigenvalue weighted by Gasteiger charge is 2.57. The van der Waals surface area contributed by atoms with Crippen molar-refractivity contribution in [2.75, 3.05) is 26.7 Å². The van der Waals surface area contributed by atoms with Crippen molar-refractivity contribution in [2.24, 2.45) is 0 Å². The van der Waals surface area contributed by atoms with E-state index in [1.165, 1.54) is 18.7 Å². The zero-order chi connectivity index (χ0) is 33.1. The first kappa shape index (κ1) is 34.2. The summed E-state index contributed by atoms with van der Waals surface area (Å²) in [6, 6.07) is 4.42. The van der Waals surface area contributed by atoms with Crippen molar-refractivity contribution in [1.29, 1.82) is 0 Å². The van der Waals surface area contributed by atoms with Crippen LogP contribution in [0.5, 0.6) is 5.75 Å². The molecule has 8 nitrogen and oxygen atoms in total. The standard InChI is InChI=1S/C33H40FN4O4P.C2H6/c1-7-13-37-14-11-22(12-15-37)20(4)27(43)17-26-24(19(3)8-2)16-28(42-26)33(31(39)35-32(40)36-33)38-18-23-9-10-25(41-6)30(34)29(23)21(38)5;1-2/h9-11,16-17,19H,4-5,7-8,12-15,18,43H2,1-3,6H3,(H2,35,36,39,40);1-2H3/b27-17+;. The molecule has 2 N–H and O–H groups in total. The van der Waals surface area contributed by atoms with E-state index < -0.39 is 23.4 Å². The maximum absolute atomic E-state index is 15.4. The van der Waals surface area contributed by atoms with Crippen molar-refractivity contribution in [3.05, 3.63) is 87.9 Å². The number of hydrogen-bond donors (Lipinski definition) is 2. The molecule has 3 atom stereocenters. The second-order valence-corrected chi connectivity index (χ2v) is 12.0. The molecule has 5 rings (SSSR count). The van der Waals surface area contributed by atoms with E-state index in [0.29, 0.717) is 11.3 Å². The summed E-state index contributed by atoms with van der Waals surface area (Å²) in [4.78, 5) is 30.3. The van der Waals surface area contributed by atoms with Gasteiger partial charge in [-0.1, -0.05) is 59.9 Å². The zero-order valence-corrected chi connectivity index (χ0v) is 28.5. The monoisotopic (exact) mass is 636 g/mol. The van der Waals surface area contributed by atoms with Gasteiger partial charge in [-0.2, -0.15) is 0 Å². The van der Waals surface area contributed by atoms with Gasteiger partial charge in [-0.3, -0.25) is 15.0 Å². The molecule has 1 aromatic heterocycles. The number of allylic oxidation sites excluding steroid dienone is 2. The summed E-state index contributed by atoms with van der Waals surface area (Å²) in [5.41, 5.74) is 2.34. The van der Waals surface area contributed by atoms with E-state index in [0.717, 1.165) is 55.3 Å². The van der Waals surface area contributed by atoms with Gasteiger partial charge in [0, 0.05) is 36.5 Å². The second-order valence-electron chi connectivity index (χ2n) is 11.4. The fourth-order valence-corrected chi connectivity index (χ4v) is 6.43. The first-order valence-electron chi connectivity index (χ1n) is 15.7. The van der Waals surface area contributed by atoms with Gasteiger partial charge < -0.3 is 19.4 Å². The number of furan rings is 1. The van der Waals surface area contributed by atoms with E-state index in [4.69, 9.17) is 9.15 Å². The van der Waals surface area contributed by atoms with E-state index in [1.807, 2.05) is 26.0 Å². The average molecular weight is 637 g/mol. The smallest absolute Gasteiger partial charge is 0.324 e. The van der Waals surface area contributed by atoms with Crippen LogP contribution in [-0.2, 0) is 17.0 Å². The van der Waals surface area contributed by atoms with Gasteiger partial charge in [0.05, 0.1) is 7.11 Å². The van der Waals surface area contributed by atoms with Crippen LogP contribution in [0.1, 0.15) is 88.0 Å². The topological polar surface area (TPSA) is 87.1 Å². The minimum atomic E-state index is -1.77. The third-order valence-electron chi connectivity index (χ3n) is 8.76. The van der Waals surface area contributed by atoms with Crippen molar-refractivity contribution < 1.29 is 23.1 Å². The molecular weight excluding hydrogens is 590 g/mol. The predicted molar refractivity (Wildman–Crippen MR) is 181 cm³/mol. The Kier molecular flexibility index (Phi) is 10.8. The molecule has 45 heavy (non-hydrogen) atoms. The molecule has 3 aliphatic rings. The van der Waals surface area contributed by atoms with E-state index in [1.54, 1.807) is 11.0 Å². The number of fused-ring (bicyclic) bond motifs is 1. The number of imide groups is 1. The van der Waals surface area contributed by atoms with Gasteiger partial charge in [0.25, 0.3) is 11.6 Å². The number of ether oxygens (including phenoxy) is 1. The molecular formula is C35H46FN4O4P. The van der Waals surface area contributed by atoms with Gasteiger partial charge in [0.15, 0.2) is 17.3 Å². The highest BCUT2D eigenvalue weighted by atomic mass is 31.0. The molecule has 1 fully saturated rings. The van der Waals surface area contributed by atoms with Crippen LogP contribution in [0.2, 0.25) is 0 Å². The van der Waals surface area contributed by atoms with Crippen LogP contribution in [0, 0.1) is 5.82 Å². The van der Waals surface area contributed by atoms with Crippen LogP contribution < -0.4 is 15.4 Å². The van der Waals surface area contributed by atoms with Crippen LogP contribution in [0.3, 0.4) is 0 Å². The largest absolute Gasteiger partial charge is 0.494 e. The maximum Gasteiger partial charge on any atom is 0.324 e. The summed E-state index contributed by atoms with van der Waals surface area (Å²) in [5, 5.41) is 6.02. The average Bonchev–Trinajstić information content (AvgIpc) is 3.71. The van der Waals surface area contributed by atoms with Crippen molar-refractivity contribution in [2.45, 2.75) is 72.0 Å². The number of hydrogen-bond acceptors (Lipinski definition) is 6. The maximum atomic E-state index is 15.4. The minimum Gasteiger partial charge on any atom is -0.494 e. The molecule has 242 valence electrons. The predicted octanol–water partition coefficient (Wildman–Crippen LogP) is 7.26. The Morgan fingerprint density at radius 1 is 1.29 bits per heavy atom. The quantitative estimate of drug-likeness (QED) is 0.162. The lowest BCUT2D eigenvalue weighted by molar-refractivity contribution is -0.130. The summed E-state index contributed by atoms with van der Waals surface area (Å²) in [7, 11) is 4.17. The number of nitrogens with zero attached hydrogens (tertiary/aromatic N) is 2. The van der Waals surface area contributed by atoms with E-state index >= 15 is 4.39 Å². The Balaban J connectivity index is 0.00000226. The van der Waals surface area contributed by atoms with Gasteiger partial charge in [0.1, 0.15) is 5.76 Å². The van der Waals surface area contributed by atoms with Crippen LogP contribution in [-0.4, -0.2) is 48.5 Å². The second kappa shape index (κ2) is 14.2. The zero-order valence-electron chi connectivity index (χ0n) is 27.3. The molecule has 0 aliphatic carbocycles. The highest BCUT2D eigenvalue weighted by molar-refractivity contribution is 7.23. The van der Waals surface area contributed by atoms with Gasteiger partial charge >= 0.3 is 6.03 Å². The number of benzene rings is 1. The first-order chi connectivity index (χ1) is 21.5. The molecule has 3 unspecified atom stereocenters. The number of urea groups is 1. The molecule has 4 heterocycles. The lowest BCUT2D eigenvalue weighted by atomic mass is 9.95. The van der Waals surface area contributed by atoms with Crippen LogP contribution in [0.25, 0.3) is 11.8 Å². The molecule has 0 bridgehead atoms. The Hall–Kier alpha value is -3.68. The minimum absolute atomic E-state index is 0.0690. The van der Waals surface area contributed by atoms with Crippen molar-refractivity contribution >= 4 is 33.0 Å². The molecule has 0 saturated carbocycles. The Bertz CT molecular complexity index is 1560. The number of carbonyl (C=O) groups is 2. The molecule has 3 amide bonds. The number of amides is 3.